The highest BCUT2D eigenvalue weighted by Crippen LogP contribution is 2.32. The lowest BCUT2D eigenvalue weighted by Crippen LogP contribution is -2.50. The van der Waals surface area contributed by atoms with Crippen molar-refractivity contribution in [3.8, 4) is 0 Å². The third-order valence-corrected chi connectivity index (χ3v) is 8.33. The highest BCUT2D eigenvalue weighted by molar-refractivity contribution is 7.92. The predicted molar refractivity (Wildman–Crippen MR) is 151 cm³/mol. The van der Waals surface area contributed by atoms with E-state index in [1.165, 1.54) is 21.5 Å². The van der Waals surface area contributed by atoms with Crippen molar-refractivity contribution in [3.63, 3.8) is 0 Å². The van der Waals surface area contributed by atoms with E-state index < -0.39 is 10.0 Å². The number of nitrogens with zero attached hydrogens (tertiary/aromatic N) is 3. The second-order valence-electron chi connectivity index (χ2n) is 9.18. The van der Waals surface area contributed by atoms with Crippen molar-refractivity contribution in [2.75, 3.05) is 43.3 Å². The molecule has 0 spiro atoms. The summed E-state index contributed by atoms with van der Waals surface area (Å²) in [6.45, 7) is 2.92. The van der Waals surface area contributed by atoms with Gasteiger partial charge in [0.25, 0.3) is 0 Å². The van der Waals surface area contributed by atoms with Crippen LogP contribution in [0.1, 0.15) is 30.0 Å². The van der Waals surface area contributed by atoms with Crippen LogP contribution in [0.2, 0.25) is 10.0 Å². The number of rotatable bonds is 9. The van der Waals surface area contributed by atoms with E-state index in [0.717, 1.165) is 19.3 Å². The van der Waals surface area contributed by atoms with Crippen molar-refractivity contribution < 1.29 is 13.2 Å². The van der Waals surface area contributed by atoms with E-state index in [9.17, 15) is 13.2 Å². The lowest BCUT2D eigenvalue weighted by molar-refractivity contribution is -0.133. The summed E-state index contributed by atoms with van der Waals surface area (Å²) >= 11 is 12.3. The fourth-order valence-corrected chi connectivity index (χ4v) is 6.19. The zero-order valence-electron chi connectivity index (χ0n) is 20.8. The van der Waals surface area contributed by atoms with Crippen molar-refractivity contribution in [1.82, 2.24) is 9.80 Å². The standard InChI is InChI=1S/C28H31Cl2N3O3S/c1-37(35,36)33(26-21-24(29)14-15-25(26)30)16-8-13-27(34)31-17-19-32(20-18-31)28(22-9-4-2-5-10-22)23-11-6-3-7-12-23/h2-7,9-12,14-15,21,28H,8,13,16-20H2,1H3. The van der Waals surface area contributed by atoms with Gasteiger partial charge in [-0.15, -0.1) is 0 Å². The van der Waals surface area contributed by atoms with Gasteiger partial charge < -0.3 is 4.90 Å². The molecule has 0 aliphatic carbocycles. The zero-order valence-corrected chi connectivity index (χ0v) is 23.1. The number of halogens is 2. The van der Waals surface area contributed by atoms with Crippen molar-refractivity contribution in [2.45, 2.75) is 18.9 Å². The minimum absolute atomic E-state index is 0.0289. The fraction of sp³-hybridized carbons (Fsp3) is 0.321. The van der Waals surface area contributed by atoms with E-state index in [1.54, 1.807) is 12.1 Å². The van der Waals surface area contributed by atoms with Gasteiger partial charge in [-0.1, -0.05) is 83.9 Å². The first-order valence-corrected chi connectivity index (χ1v) is 14.9. The molecule has 0 unspecified atom stereocenters. The maximum atomic E-state index is 13.0. The minimum Gasteiger partial charge on any atom is -0.340 e. The van der Waals surface area contributed by atoms with Crippen molar-refractivity contribution in [3.05, 3.63) is 100 Å². The maximum absolute atomic E-state index is 13.0. The molecule has 37 heavy (non-hydrogen) atoms. The van der Waals surface area contributed by atoms with Crippen molar-refractivity contribution in [1.29, 1.82) is 0 Å². The van der Waals surface area contributed by atoms with Gasteiger partial charge in [0, 0.05) is 44.2 Å². The molecule has 1 fully saturated rings. The van der Waals surface area contributed by atoms with E-state index in [0.29, 0.717) is 35.2 Å². The molecule has 6 nitrogen and oxygen atoms in total. The number of benzene rings is 3. The van der Waals surface area contributed by atoms with E-state index in [2.05, 4.69) is 53.4 Å². The van der Waals surface area contributed by atoms with Gasteiger partial charge >= 0.3 is 0 Å². The molecule has 1 aliphatic heterocycles. The zero-order chi connectivity index (χ0) is 26.4. The Bertz CT molecular complexity index is 1260. The van der Waals surface area contributed by atoms with Crippen LogP contribution in [0.3, 0.4) is 0 Å². The third kappa shape index (κ3) is 7.05. The Balaban J connectivity index is 1.36. The molecule has 0 atom stereocenters. The van der Waals surface area contributed by atoms with E-state index in [-0.39, 0.29) is 24.9 Å². The molecule has 0 N–H and O–H groups in total. The molecule has 0 aromatic heterocycles. The van der Waals surface area contributed by atoms with Gasteiger partial charge in [0.05, 0.1) is 23.0 Å². The van der Waals surface area contributed by atoms with Crippen LogP contribution in [-0.2, 0) is 14.8 Å². The second-order valence-corrected chi connectivity index (χ2v) is 11.9. The molecular weight excluding hydrogens is 529 g/mol. The maximum Gasteiger partial charge on any atom is 0.232 e. The summed E-state index contributed by atoms with van der Waals surface area (Å²) in [5.74, 6) is 0.0289. The average molecular weight is 561 g/mol. The molecular formula is C28H31Cl2N3O3S. The molecule has 3 aromatic rings. The largest absolute Gasteiger partial charge is 0.340 e. The number of carbonyl (C=O) groups excluding carboxylic acids is 1. The number of piperazine rings is 1. The molecule has 1 aliphatic rings. The normalized spacial score (nSPS) is 14.6. The van der Waals surface area contributed by atoms with Gasteiger partial charge in [0.15, 0.2) is 0 Å². The minimum atomic E-state index is -3.59. The summed E-state index contributed by atoms with van der Waals surface area (Å²) in [7, 11) is -3.59. The Hall–Kier alpha value is -2.58. The summed E-state index contributed by atoms with van der Waals surface area (Å²) in [6.07, 6.45) is 1.76. The van der Waals surface area contributed by atoms with Crippen LogP contribution in [0, 0.1) is 0 Å². The monoisotopic (exact) mass is 559 g/mol. The molecule has 0 saturated carbocycles. The van der Waals surface area contributed by atoms with E-state index in [4.69, 9.17) is 23.2 Å². The highest BCUT2D eigenvalue weighted by atomic mass is 35.5. The molecule has 1 amide bonds. The third-order valence-electron chi connectivity index (χ3n) is 6.59. The molecule has 1 heterocycles. The van der Waals surface area contributed by atoms with Crippen LogP contribution in [0.5, 0.6) is 0 Å². The van der Waals surface area contributed by atoms with Gasteiger partial charge in [-0.25, -0.2) is 8.42 Å². The topological polar surface area (TPSA) is 60.9 Å². The van der Waals surface area contributed by atoms with Gasteiger partial charge in [-0.05, 0) is 35.7 Å². The summed E-state index contributed by atoms with van der Waals surface area (Å²) < 4.78 is 26.1. The Morgan fingerprint density at radius 3 is 2.00 bits per heavy atom. The molecule has 0 radical (unpaired) electrons. The fourth-order valence-electron chi connectivity index (χ4n) is 4.79. The SMILES string of the molecule is CS(=O)(=O)N(CCCC(=O)N1CCN(C(c2ccccc2)c2ccccc2)CC1)c1cc(Cl)ccc1Cl. The Labute approximate surface area is 229 Å². The lowest BCUT2D eigenvalue weighted by atomic mass is 9.96. The molecule has 3 aromatic carbocycles. The average Bonchev–Trinajstić information content (AvgIpc) is 2.89. The van der Waals surface area contributed by atoms with Crippen LogP contribution in [0.4, 0.5) is 5.69 Å². The van der Waals surface area contributed by atoms with E-state index in [1.807, 2.05) is 17.0 Å². The summed E-state index contributed by atoms with van der Waals surface area (Å²) in [4.78, 5) is 17.3. The van der Waals surface area contributed by atoms with Crippen molar-refractivity contribution in [2.24, 2.45) is 0 Å². The number of hydrogen-bond donors (Lipinski definition) is 0. The first-order chi connectivity index (χ1) is 17.7. The van der Waals surface area contributed by atoms with Crippen molar-refractivity contribution >= 4 is 44.8 Å². The first-order valence-electron chi connectivity index (χ1n) is 12.3. The predicted octanol–water partition coefficient (Wildman–Crippen LogP) is 5.47. The van der Waals surface area contributed by atoms with E-state index >= 15 is 0 Å². The number of amides is 1. The Morgan fingerprint density at radius 2 is 1.46 bits per heavy atom. The number of anilines is 1. The molecule has 196 valence electrons. The van der Waals surface area contributed by atoms with Crippen LogP contribution in [0.25, 0.3) is 0 Å². The summed E-state index contributed by atoms with van der Waals surface area (Å²) in [5.41, 5.74) is 2.79. The lowest BCUT2D eigenvalue weighted by Gasteiger charge is -2.40. The van der Waals surface area contributed by atoms with Gasteiger partial charge in [0.1, 0.15) is 0 Å². The molecule has 9 heteroatoms. The Morgan fingerprint density at radius 1 is 0.892 bits per heavy atom. The van der Waals surface area contributed by atoms with Crippen LogP contribution < -0.4 is 4.31 Å². The smallest absolute Gasteiger partial charge is 0.232 e. The van der Waals surface area contributed by atoms with Gasteiger partial charge in [0.2, 0.25) is 15.9 Å². The Kier molecular flexibility index (Phi) is 9.13. The second kappa shape index (κ2) is 12.3. The molecule has 4 rings (SSSR count). The highest BCUT2D eigenvalue weighted by Gasteiger charge is 2.28. The first kappa shape index (κ1) is 27.5. The molecule has 0 bridgehead atoms. The quantitative estimate of drug-likeness (QED) is 0.348. The summed E-state index contributed by atoms with van der Waals surface area (Å²) in [5, 5.41) is 0.690. The van der Waals surface area contributed by atoms with Crippen LogP contribution >= 0.6 is 23.2 Å². The van der Waals surface area contributed by atoms with Gasteiger partial charge in [-0.2, -0.15) is 0 Å². The van der Waals surface area contributed by atoms with Crippen LogP contribution in [0.15, 0.2) is 78.9 Å². The number of sulfonamides is 1. The number of carbonyl (C=O) groups is 1. The van der Waals surface area contributed by atoms with Gasteiger partial charge in [-0.3, -0.25) is 14.0 Å². The van der Waals surface area contributed by atoms with Crippen LogP contribution in [-0.4, -0.2) is 63.1 Å². The number of hydrogen-bond acceptors (Lipinski definition) is 4. The molecule has 1 saturated heterocycles. The summed E-state index contributed by atoms with van der Waals surface area (Å²) in [6, 6.07) is 25.7.